The molecule has 1 fully saturated rings. The zero-order chi connectivity index (χ0) is 16.8. The van der Waals surface area contributed by atoms with E-state index in [-0.39, 0.29) is 34.6 Å². The van der Waals surface area contributed by atoms with E-state index >= 15 is 0 Å². The van der Waals surface area contributed by atoms with Crippen molar-refractivity contribution in [2.75, 3.05) is 5.73 Å². The average Bonchev–Trinajstić information content (AvgIpc) is 3.12. The molecular formula is C16H15FN4O2. The van der Waals surface area contributed by atoms with E-state index in [1.807, 2.05) is 13.0 Å². The number of halogens is 1. The van der Waals surface area contributed by atoms with E-state index in [9.17, 15) is 14.4 Å². The Bertz CT molecular complexity index is 846. The van der Waals surface area contributed by atoms with Gasteiger partial charge in [0.1, 0.15) is 29.0 Å². The second-order valence-corrected chi connectivity index (χ2v) is 6.01. The van der Waals surface area contributed by atoms with Crippen molar-refractivity contribution < 1.29 is 14.3 Å². The molecule has 1 aromatic heterocycles. The maximum absolute atomic E-state index is 14.4. The molecular weight excluding hydrogens is 299 g/mol. The van der Waals surface area contributed by atoms with Gasteiger partial charge in [-0.25, -0.2) is 9.07 Å². The van der Waals surface area contributed by atoms with E-state index in [2.05, 4.69) is 5.10 Å². The summed E-state index contributed by atoms with van der Waals surface area (Å²) >= 11 is 0. The molecule has 118 valence electrons. The predicted molar refractivity (Wildman–Crippen MR) is 81.0 cm³/mol. The Morgan fingerprint density at radius 2 is 2.26 bits per heavy atom. The molecule has 0 amide bonds. The highest BCUT2D eigenvalue weighted by atomic mass is 19.1. The summed E-state index contributed by atoms with van der Waals surface area (Å²) in [6, 6.07) is 6.09. The summed E-state index contributed by atoms with van der Waals surface area (Å²) < 4.78 is 16.0. The van der Waals surface area contributed by atoms with Crippen molar-refractivity contribution in [2.24, 2.45) is 0 Å². The fourth-order valence-electron chi connectivity index (χ4n) is 2.57. The zero-order valence-corrected chi connectivity index (χ0v) is 12.5. The molecule has 0 radical (unpaired) electrons. The normalized spacial score (nSPS) is 15.2. The first-order valence-corrected chi connectivity index (χ1v) is 7.15. The van der Waals surface area contributed by atoms with Gasteiger partial charge in [0, 0.05) is 5.56 Å². The molecule has 1 aromatic carbocycles. The molecule has 0 saturated heterocycles. The van der Waals surface area contributed by atoms with Crippen molar-refractivity contribution >= 4 is 11.8 Å². The van der Waals surface area contributed by atoms with Crippen molar-refractivity contribution in [3.63, 3.8) is 0 Å². The maximum Gasteiger partial charge on any atom is 0.307 e. The van der Waals surface area contributed by atoms with Crippen LogP contribution in [0.1, 0.15) is 30.9 Å². The Hall–Kier alpha value is -2.88. The van der Waals surface area contributed by atoms with E-state index in [1.165, 1.54) is 12.1 Å². The monoisotopic (exact) mass is 314 g/mol. The first kappa shape index (κ1) is 15.0. The molecule has 1 aliphatic rings. The van der Waals surface area contributed by atoms with Gasteiger partial charge in [-0.05, 0) is 37.5 Å². The van der Waals surface area contributed by atoms with Gasteiger partial charge in [0.05, 0.1) is 12.0 Å². The quantitative estimate of drug-likeness (QED) is 0.900. The molecule has 6 nitrogen and oxygen atoms in total. The highest BCUT2D eigenvalue weighted by Gasteiger charge is 2.43. The summed E-state index contributed by atoms with van der Waals surface area (Å²) in [5.41, 5.74) is 6.61. The number of nitriles is 1. The number of anilines is 1. The van der Waals surface area contributed by atoms with Gasteiger partial charge in [-0.3, -0.25) is 4.79 Å². The van der Waals surface area contributed by atoms with Crippen LogP contribution in [0.15, 0.2) is 18.2 Å². The van der Waals surface area contributed by atoms with Crippen LogP contribution >= 0.6 is 0 Å². The van der Waals surface area contributed by atoms with E-state index in [0.717, 1.165) is 18.9 Å². The number of nitrogen functional groups attached to an aromatic ring is 1. The van der Waals surface area contributed by atoms with Crippen LogP contribution < -0.4 is 5.73 Å². The van der Waals surface area contributed by atoms with Gasteiger partial charge in [-0.15, -0.1) is 0 Å². The van der Waals surface area contributed by atoms with Crippen molar-refractivity contribution in [1.29, 1.82) is 5.26 Å². The van der Waals surface area contributed by atoms with E-state index < -0.39 is 11.8 Å². The van der Waals surface area contributed by atoms with Crippen LogP contribution in [0.25, 0.3) is 11.3 Å². The van der Waals surface area contributed by atoms with Crippen molar-refractivity contribution in [2.45, 2.75) is 31.7 Å². The lowest BCUT2D eigenvalue weighted by molar-refractivity contribution is -0.136. The smallest absolute Gasteiger partial charge is 0.307 e. The number of aliphatic carboxylic acids is 1. The highest BCUT2D eigenvalue weighted by Crippen LogP contribution is 2.45. The minimum Gasteiger partial charge on any atom is -0.481 e. The van der Waals surface area contributed by atoms with Crippen LogP contribution in [0.4, 0.5) is 10.2 Å². The molecule has 0 atom stereocenters. The summed E-state index contributed by atoms with van der Waals surface area (Å²) in [6.07, 6.45) is 1.55. The van der Waals surface area contributed by atoms with Gasteiger partial charge in [-0.1, -0.05) is 6.07 Å². The number of aromatic nitrogens is 2. The van der Waals surface area contributed by atoms with Gasteiger partial charge in [-0.2, -0.15) is 10.4 Å². The summed E-state index contributed by atoms with van der Waals surface area (Å²) in [7, 11) is 0. The van der Waals surface area contributed by atoms with Crippen LogP contribution in [0.3, 0.4) is 0 Å². The van der Waals surface area contributed by atoms with Crippen LogP contribution in [0.2, 0.25) is 0 Å². The molecule has 1 saturated carbocycles. The van der Waals surface area contributed by atoms with Crippen molar-refractivity contribution in [3.8, 4) is 17.3 Å². The molecule has 7 heteroatoms. The summed E-state index contributed by atoms with van der Waals surface area (Å²) in [5.74, 6) is -1.42. The Morgan fingerprint density at radius 3 is 2.78 bits per heavy atom. The van der Waals surface area contributed by atoms with Crippen LogP contribution in [0, 0.1) is 17.1 Å². The largest absolute Gasteiger partial charge is 0.481 e. The van der Waals surface area contributed by atoms with E-state index in [1.54, 1.807) is 4.68 Å². The number of carboxylic acid groups (broad SMARTS) is 1. The SMILES string of the molecule is CC1(n2nc(-c3ccc(CC(=O)O)cc3F)c(C#N)c2N)CC1. The van der Waals surface area contributed by atoms with E-state index in [4.69, 9.17) is 10.8 Å². The minimum absolute atomic E-state index is 0.142. The van der Waals surface area contributed by atoms with Gasteiger partial charge >= 0.3 is 5.97 Å². The second-order valence-electron chi connectivity index (χ2n) is 6.01. The summed E-state index contributed by atoms with van der Waals surface area (Å²) in [5, 5.41) is 22.5. The molecule has 1 aliphatic carbocycles. The third-order valence-corrected chi connectivity index (χ3v) is 4.16. The van der Waals surface area contributed by atoms with Crippen LogP contribution in [-0.4, -0.2) is 20.9 Å². The standard InChI is InChI=1S/C16H15FN4O2/c1-16(4-5-16)21-15(19)11(8-18)14(20-21)10-3-2-9(6-12(10)17)7-13(22)23/h2-3,6H,4-5,7,19H2,1H3,(H,22,23). The molecule has 0 bridgehead atoms. The Labute approximate surface area is 131 Å². The number of nitrogens with two attached hydrogens (primary N) is 1. The maximum atomic E-state index is 14.4. The fraction of sp³-hybridized carbons (Fsp3) is 0.312. The second kappa shape index (κ2) is 5.09. The third-order valence-electron chi connectivity index (χ3n) is 4.16. The van der Waals surface area contributed by atoms with Gasteiger partial charge < -0.3 is 10.8 Å². The predicted octanol–water partition coefficient (Wildman–Crippen LogP) is 2.28. The first-order valence-electron chi connectivity index (χ1n) is 7.15. The number of carbonyl (C=O) groups is 1. The molecule has 2 aromatic rings. The number of hydrogen-bond acceptors (Lipinski definition) is 4. The van der Waals surface area contributed by atoms with Crippen molar-refractivity contribution in [1.82, 2.24) is 9.78 Å². The van der Waals surface area contributed by atoms with Crippen LogP contribution in [-0.2, 0) is 16.8 Å². The molecule has 1 heterocycles. The van der Waals surface area contributed by atoms with Gasteiger partial charge in [0.2, 0.25) is 0 Å². The fourth-order valence-corrected chi connectivity index (χ4v) is 2.57. The molecule has 0 spiro atoms. The lowest BCUT2D eigenvalue weighted by atomic mass is 10.0. The molecule has 23 heavy (non-hydrogen) atoms. The van der Waals surface area contributed by atoms with E-state index in [0.29, 0.717) is 5.56 Å². The molecule has 3 N–H and O–H groups in total. The lowest BCUT2D eigenvalue weighted by Gasteiger charge is -2.10. The number of nitrogens with zero attached hydrogens (tertiary/aromatic N) is 3. The van der Waals surface area contributed by atoms with Crippen LogP contribution in [0.5, 0.6) is 0 Å². The molecule has 0 unspecified atom stereocenters. The minimum atomic E-state index is -1.04. The Morgan fingerprint density at radius 1 is 1.57 bits per heavy atom. The molecule has 0 aliphatic heterocycles. The Balaban J connectivity index is 2.09. The summed E-state index contributed by atoms with van der Waals surface area (Å²) in [4.78, 5) is 10.7. The van der Waals surface area contributed by atoms with Crippen molar-refractivity contribution in [3.05, 3.63) is 35.1 Å². The zero-order valence-electron chi connectivity index (χ0n) is 12.5. The lowest BCUT2D eigenvalue weighted by Crippen LogP contribution is -2.16. The highest BCUT2D eigenvalue weighted by molar-refractivity contribution is 5.75. The number of benzene rings is 1. The molecule has 3 rings (SSSR count). The number of carboxylic acids is 1. The first-order chi connectivity index (χ1) is 10.9. The third kappa shape index (κ3) is 2.52. The van der Waals surface area contributed by atoms with Gasteiger partial charge in [0.25, 0.3) is 0 Å². The number of rotatable bonds is 4. The number of hydrogen-bond donors (Lipinski definition) is 2. The average molecular weight is 314 g/mol. The Kier molecular flexibility index (Phi) is 3.33. The topological polar surface area (TPSA) is 105 Å². The van der Waals surface area contributed by atoms with Gasteiger partial charge in [0.15, 0.2) is 0 Å². The summed E-state index contributed by atoms with van der Waals surface area (Å²) in [6.45, 7) is 1.98.